The number of ketones is 1. The summed E-state index contributed by atoms with van der Waals surface area (Å²) in [5, 5.41) is 0. The smallest absolute Gasteiger partial charge is 0.340 e. The molecule has 2 amide bonds. The average molecular weight is 457 g/mol. The number of imide groups is 1. The van der Waals surface area contributed by atoms with Gasteiger partial charge in [0, 0.05) is 5.56 Å². The van der Waals surface area contributed by atoms with E-state index in [9.17, 15) is 19.2 Å². The first-order valence-electron chi connectivity index (χ1n) is 11.5. The van der Waals surface area contributed by atoms with Crippen LogP contribution in [-0.2, 0) is 14.3 Å². The van der Waals surface area contributed by atoms with E-state index >= 15 is 0 Å². The van der Waals surface area contributed by atoms with Crippen LogP contribution in [0.3, 0.4) is 0 Å². The zero-order chi connectivity index (χ0) is 23.6. The van der Waals surface area contributed by atoms with E-state index in [4.69, 9.17) is 9.47 Å². The van der Waals surface area contributed by atoms with E-state index < -0.39 is 12.6 Å². The summed E-state index contributed by atoms with van der Waals surface area (Å²) in [5.74, 6) is -0.502. The molecule has 0 N–H and O–H groups in total. The summed E-state index contributed by atoms with van der Waals surface area (Å²) in [6.07, 6.45) is 5.31. The lowest BCUT2D eigenvalue weighted by molar-refractivity contribution is -0.124. The molecule has 5 aliphatic rings. The Morgan fingerprint density at radius 2 is 1.53 bits per heavy atom. The van der Waals surface area contributed by atoms with Gasteiger partial charge in [-0.05, 0) is 66.5 Å². The number of methoxy groups -OCH3 is 1. The van der Waals surface area contributed by atoms with Crippen LogP contribution in [0.1, 0.15) is 27.1 Å². The molecule has 2 aromatic rings. The second kappa shape index (κ2) is 7.65. The van der Waals surface area contributed by atoms with E-state index in [0.29, 0.717) is 23.1 Å². The summed E-state index contributed by atoms with van der Waals surface area (Å²) in [5.41, 5.74) is 0.704. The van der Waals surface area contributed by atoms with E-state index in [1.54, 1.807) is 42.5 Å². The van der Waals surface area contributed by atoms with Gasteiger partial charge in [0.2, 0.25) is 11.8 Å². The largest absolute Gasteiger partial charge is 0.497 e. The van der Waals surface area contributed by atoms with Gasteiger partial charge in [0.1, 0.15) is 5.75 Å². The number of para-hydroxylation sites is 1. The third-order valence-electron chi connectivity index (χ3n) is 7.77. The van der Waals surface area contributed by atoms with Crippen molar-refractivity contribution in [3.05, 3.63) is 71.8 Å². The lowest BCUT2D eigenvalue weighted by Gasteiger charge is -2.37. The van der Waals surface area contributed by atoms with Crippen LogP contribution in [-0.4, -0.2) is 37.3 Å². The predicted molar refractivity (Wildman–Crippen MR) is 121 cm³/mol. The highest BCUT2D eigenvalue weighted by atomic mass is 16.5. The van der Waals surface area contributed by atoms with Crippen molar-refractivity contribution in [2.75, 3.05) is 18.6 Å². The summed E-state index contributed by atoms with van der Waals surface area (Å²) in [6.45, 7) is -0.454. The van der Waals surface area contributed by atoms with Gasteiger partial charge in [0.05, 0.1) is 30.2 Å². The molecule has 7 nitrogen and oxygen atoms in total. The Kier molecular flexibility index (Phi) is 4.69. The highest BCUT2D eigenvalue weighted by molar-refractivity contribution is 6.24. The Bertz CT molecular complexity index is 1210. The molecule has 1 saturated heterocycles. The number of rotatable bonds is 6. The average Bonchev–Trinajstić information content (AvgIpc) is 3.65. The Labute approximate surface area is 196 Å². The molecule has 3 fully saturated rings. The molecule has 172 valence electrons. The van der Waals surface area contributed by atoms with Gasteiger partial charge in [-0.3, -0.25) is 14.4 Å². The van der Waals surface area contributed by atoms with Gasteiger partial charge in [-0.15, -0.1) is 0 Å². The minimum atomic E-state index is -0.753. The molecule has 0 unspecified atom stereocenters. The van der Waals surface area contributed by atoms with Crippen LogP contribution in [0.5, 0.6) is 5.75 Å². The number of hydrogen-bond donors (Lipinski definition) is 0. The number of esters is 1. The van der Waals surface area contributed by atoms with E-state index in [1.807, 2.05) is 0 Å². The lowest BCUT2D eigenvalue weighted by atomic mass is 9.63. The summed E-state index contributed by atoms with van der Waals surface area (Å²) >= 11 is 0. The normalized spacial score (nSPS) is 30.1. The molecule has 4 aliphatic carbocycles. The summed E-state index contributed by atoms with van der Waals surface area (Å²) < 4.78 is 10.4. The maximum absolute atomic E-state index is 13.4. The molecule has 0 spiro atoms. The van der Waals surface area contributed by atoms with E-state index in [2.05, 4.69) is 12.2 Å². The number of carbonyl (C=O) groups excluding carboxylic acids is 4. The number of ether oxygens (including phenoxy) is 2. The van der Waals surface area contributed by atoms with Gasteiger partial charge >= 0.3 is 5.97 Å². The Hall–Kier alpha value is -3.74. The second-order valence-electron chi connectivity index (χ2n) is 9.41. The van der Waals surface area contributed by atoms with Crippen LogP contribution >= 0.6 is 0 Å². The van der Waals surface area contributed by atoms with Gasteiger partial charge in [-0.1, -0.05) is 24.3 Å². The van der Waals surface area contributed by atoms with Crippen molar-refractivity contribution in [3.8, 4) is 5.75 Å². The first-order chi connectivity index (χ1) is 16.5. The molecule has 6 atom stereocenters. The van der Waals surface area contributed by atoms with Gasteiger partial charge in [-0.25, -0.2) is 9.69 Å². The molecular weight excluding hydrogens is 434 g/mol. The summed E-state index contributed by atoms with van der Waals surface area (Å²) in [6, 6.07) is 12.9. The van der Waals surface area contributed by atoms with Crippen molar-refractivity contribution in [1.29, 1.82) is 0 Å². The molecule has 34 heavy (non-hydrogen) atoms. The predicted octanol–water partition coefficient (Wildman–Crippen LogP) is 3.29. The maximum Gasteiger partial charge on any atom is 0.340 e. The summed E-state index contributed by atoms with van der Waals surface area (Å²) in [7, 11) is 1.53. The first kappa shape index (κ1) is 20.8. The number of allylic oxidation sites excluding steroid dienone is 2. The molecule has 7 heteroatoms. The van der Waals surface area contributed by atoms with Crippen LogP contribution in [0.4, 0.5) is 5.69 Å². The minimum absolute atomic E-state index is 0.0934. The monoisotopic (exact) mass is 457 g/mol. The molecule has 2 bridgehead atoms. The van der Waals surface area contributed by atoms with Crippen molar-refractivity contribution < 1.29 is 28.7 Å². The number of Topliss-reactive ketones (excluding diaryl/α,β-unsaturated/α-hetero) is 1. The zero-order valence-corrected chi connectivity index (χ0v) is 18.5. The Morgan fingerprint density at radius 3 is 2.15 bits per heavy atom. The molecular formula is C27H23NO6. The fourth-order valence-electron chi connectivity index (χ4n) is 6.10. The Morgan fingerprint density at radius 1 is 0.912 bits per heavy atom. The standard InChI is InChI=1S/C27H23NO6/c1-33-15-8-6-14(7-9-15)22(29)13-34-27(32)18-4-2-3-5-21(18)28-25(30)23-16-10-11-17(20-12-19(16)20)24(23)26(28)31/h2-11,16-17,19-20,23-24H,12-13H2,1H3/t16-,17-,19-,20-,23-,24-/m1/s1. The zero-order valence-electron chi connectivity index (χ0n) is 18.5. The number of carbonyl (C=O) groups is 4. The van der Waals surface area contributed by atoms with Gasteiger partial charge in [0.15, 0.2) is 12.4 Å². The molecule has 2 saturated carbocycles. The van der Waals surface area contributed by atoms with Crippen molar-refractivity contribution in [2.45, 2.75) is 6.42 Å². The maximum atomic E-state index is 13.4. The quantitative estimate of drug-likeness (QED) is 0.286. The number of benzene rings is 2. The molecule has 2 aromatic carbocycles. The molecule has 0 radical (unpaired) electrons. The molecule has 1 heterocycles. The van der Waals surface area contributed by atoms with Crippen LogP contribution in [0.2, 0.25) is 0 Å². The van der Waals surface area contributed by atoms with E-state index in [0.717, 1.165) is 6.42 Å². The van der Waals surface area contributed by atoms with Gasteiger partial charge in [-0.2, -0.15) is 0 Å². The highest BCUT2D eigenvalue weighted by Crippen LogP contribution is 2.65. The number of amides is 2. The van der Waals surface area contributed by atoms with Crippen LogP contribution in [0.25, 0.3) is 0 Å². The SMILES string of the molecule is COc1ccc(C(=O)COC(=O)c2ccccc2N2C(=O)[C@@H]3[C@@H]4C=C[C@H]([C@H]5C[C@H]45)[C@H]3C2=O)cc1. The molecule has 0 aromatic heterocycles. The summed E-state index contributed by atoms with van der Waals surface area (Å²) in [4.78, 5) is 53.4. The number of nitrogens with zero attached hydrogens (tertiary/aromatic N) is 1. The van der Waals surface area contributed by atoms with Gasteiger partial charge < -0.3 is 9.47 Å². The van der Waals surface area contributed by atoms with Crippen molar-refractivity contribution >= 4 is 29.3 Å². The lowest BCUT2D eigenvalue weighted by Crippen LogP contribution is -2.40. The van der Waals surface area contributed by atoms with Crippen LogP contribution < -0.4 is 9.64 Å². The fraction of sp³-hybridized carbons (Fsp3) is 0.333. The van der Waals surface area contributed by atoms with Crippen molar-refractivity contribution in [2.24, 2.45) is 35.5 Å². The van der Waals surface area contributed by atoms with E-state index in [1.165, 1.54) is 18.1 Å². The van der Waals surface area contributed by atoms with Crippen molar-refractivity contribution in [1.82, 2.24) is 0 Å². The van der Waals surface area contributed by atoms with Crippen LogP contribution in [0, 0.1) is 35.5 Å². The number of hydrogen-bond acceptors (Lipinski definition) is 6. The van der Waals surface area contributed by atoms with Gasteiger partial charge in [0.25, 0.3) is 0 Å². The second-order valence-corrected chi connectivity index (χ2v) is 9.41. The molecule has 7 rings (SSSR count). The fourth-order valence-corrected chi connectivity index (χ4v) is 6.10. The minimum Gasteiger partial charge on any atom is -0.497 e. The van der Waals surface area contributed by atoms with E-state index in [-0.39, 0.29) is 52.5 Å². The third kappa shape index (κ3) is 3.03. The number of anilines is 1. The molecule has 1 aliphatic heterocycles. The van der Waals surface area contributed by atoms with Crippen molar-refractivity contribution in [3.63, 3.8) is 0 Å². The topological polar surface area (TPSA) is 90.0 Å². The third-order valence-corrected chi connectivity index (χ3v) is 7.77. The first-order valence-corrected chi connectivity index (χ1v) is 11.5. The Balaban J connectivity index is 1.22. The van der Waals surface area contributed by atoms with Crippen LogP contribution in [0.15, 0.2) is 60.7 Å². The highest BCUT2D eigenvalue weighted by Gasteiger charge is 2.67.